The maximum absolute atomic E-state index is 13.8. The molecule has 0 saturated heterocycles. The monoisotopic (exact) mass is 405 g/mol. The van der Waals surface area contributed by atoms with Crippen LogP contribution in [0.3, 0.4) is 0 Å². The number of benzene rings is 1. The molecule has 1 nitrogen and oxygen atoms in total. The molecule has 0 aliphatic carbocycles. The minimum absolute atomic E-state index is 0.110. The van der Waals surface area contributed by atoms with E-state index < -0.39 is 0 Å². The van der Waals surface area contributed by atoms with Crippen molar-refractivity contribution in [1.29, 1.82) is 0 Å². The van der Waals surface area contributed by atoms with Gasteiger partial charge in [-0.05, 0) is 68.1 Å². The summed E-state index contributed by atoms with van der Waals surface area (Å²) in [5, 5.41) is 3.42. The summed E-state index contributed by atoms with van der Waals surface area (Å²) < 4.78 is 15.9. The van der Waals surface area contributed by atoms with E-state index >= 15 is 0 Å². The molecule has 0 saturated carbocycles. The Kier molecular flexibility index (Phi) is 5.57. The quantitative estimate of drug-likeness (QED) is 0.709. The normalized spacial score (nSPS) is 12.6. The van der Waals surface area contributed by atoms with E-state index in [2.05, 4.69) is 50.2 Å². The van der Waals surface area contributed by atoms with E-state index in [4.69, 9.17) is 0 Å². The molecule has 5 heteroatoms. The van der Waals surface area contributed by atoms with Crippen LogP contribution in [-0.4, -0.2) is 6.54 Å². The number of likely N-dealkylation sites (N-methyl/N-ethyl adjacent to an activating group) is 1. The SMILES string of the molecule is CCNC(Cc1ccccc1F)c1cc(Br)sc1Br. The molecule has 19 heavy (non-hydrogen) atoms. The largest absolute Gasteiger partial charge is 0.310 e. The maximum atomic E-state index is 13.8. The second-order valence-corrected chi connectivity index (χ2v) is 7.93. The van der Waals surface area contributed by atoms with E-state index in [9.17, 15) is 4.39 Å². The molecule has 1 atom stereocenters. The Morgan fingerprint density at radius 3 is 2.63 bits per heavy atom. The van der Waals surface area contributed by atoms with Gasteiger partial charge in [-0.25, -0.2) is 4.39 Å². The number of halogens is 3. The fourth-order valence-electron chi connectivity index (χ4n) is 2.01. The van der Waals surface area contributed by atoms with Crippen LogP contribution < -0.4 is 5.32 Å². The van der Waals surface area contributed by atoms with E-state index in [0.29, 0.717) is 6.42 Å². The van der Waals surface area contributed by atoms with E-state index in [1.54, 1.807) is 17.4 Å². The molecule has 2 rings (SSSR count). The van der Waals surface area contributed by atoms with E-state index in [1.807, 2.05) is 12.1 Å². The number of thiophene rings is 1. The van der Waals surface area contributed by atoms with Crippen molar-refractivity contribution in [3.8, 4) is 0 Å². The second-order valence-electron chi connectivity index (χ2n) is 4.19. The Balaban J connectivity index is 2.26. The highest BCUT2D eigenvalue weighted by Gasteiger charge is 2.18. The molecule has 1 aromatic carbocycles. The Bertz CT molecular complexity index is 556. The van der Waals surface area contributed by atoms with Crippen LogP contribution >= 0.6 is 43.2 Å². The number of hydrogen-bond acceptors (Lipinski definition) is 2. The molecule has 0 bridgehead atoms. The van der Waals surface area contributed by atoms with Crippen LogP contribution in [0.25, 0.3) is 0 Å². The van der Waals surface area contributed by atoms with Crippen molar-refractivity contribution in [2.45, 2.75) is 19.4 Å². The van der Waals surface area contributed by atoms with Gasteiger partial charge in [0.2, 0.25) is 0 Å². The second kappa shape index (κ2) is 6.97. The predicted octanol–water partition coefficient (Wildman–Crippen LogP) is 5.31. The Labute approximate surface area is 133 Å². The summed E-state index contributed by atoms with van der Waals surface area (Å²) >= 11 is 8.70. The van der Waals surface area contributed by atoms with Gasteiger partial charge in [0.25, 0.3) is 0 Å². The molecule has 0 fully saturated rings. The first-order valence-corrected chi connectivity index (χ1v) is 8.43. The fourth-order valence-corrected chi connectivity index (χ4v) is 4.99. The van der Waals surface area contributed by atoms with Crippen molar-refractivity contribution in [3.05, 3.63) is 54.8 Å². The van der Waals surface area contributed by atoms with Gasteiger partial charge in [0.05, 0.1) is 7.57 Å². The molecule has 0 radical (unpaired) electrons. The first-order chi connectivity index (χ1) is 9.11. The first kappa shape index (κ1) is 15.2. The average Bonchev–Trinajstić information content (AvgIpc) is 2.70. The van der Waals surface area contributed by atoms with Crippen LogP contribution in [0.5, 0.6) is 0 Å². The molecule has 102 valence electrons. The lowest BCUT2D eigenvalue weighted by Crippen LogP contribution is -2.23. The van der Waals surface area contributed by atoms with Crippen LogP contribution in [-0.2, 0) is 6.42 Å². The molecule has 1 N–H and O–H groups in total. The van der Waals surface area contributed by atoms with E-state index in [1.165, 1.54) is 11.6 Å². The average molecular weight is 407 g/mol. The van der Waals surface area contributed by atoms with Gasteiger partial charge in [0.1, 0.15) is 5.82 Å². The summed E-state index contributed by atoms with van der Waals surface area (Å²) in [5.74, 6) is -0.143. The van der Waals surface area contributed by atoms with Crippen LogP contribution in [0.2, 0.25) is 0 Å². The molecule has 1 unspecified atom stereocenters. The lowest BCUT2D eigenvalue weighted by atomic mass is 10.0. The molecule has 0 amide bonds. The Morgan fingerprint density at radius 2 is 2.05 bits per heavy atom. The smallest absolute Gasteiger partial charge is 0.126 e. The minimum Gasteiger partial charge on any atom is -0.310 e. The lowest BCUT2D eigenvalue weighted by molar-refractivity contribution is 0.528. The molecular weight excluding hydrogens is 393 g/mol. The number of rotatable bonds is 5. The summed E-state index contributed by atoms with van der Waals surface area (Å²) in [4.78, 5) is 0. The highest BCUT2D eigenvalue weighted by molar-refractivity contribution is 9.12. The van der Waals surface area contributed by atoms with Gasteiger partial charge >= 0.3 is 0 Å². The van der Waals surface area contributed by atoms with Gasteiger partial charge in [-0.15, -0.1) is 11.3 Å². The fraction of sp³-hybridized carbons (Fsp3) is 0.286. The van der Waals surface area contributed by atoms with Crippen molar-refractivity contribution in [2.75, 3.05) is 6.54 Å². The van der Waals surface area contributed by atoms with Gasteiger partial charge in [-0.3, -0.25) is 0 Å². The highest BCUT2D eigenvalue weighted by atomic mass is 79.9. The van der Waals surface area contributed by atoms with Crippen molar-refractivity contribution in [3.63, 3.8) is 0 Å². The zero-order valence-corrected chi connectivity index (χ0v) is 14.4. The maximum Gasteiger partial charge on any atom is 0.126 e. The third kappa shape index (κ3) is 3.88. The third-order valence-corrected chi connectivity index (χ3v) is 5.28. The first-order valence-electron chi connectivity index (χ1n) is 6.03. The summed E-state index contributed by atoms with van der Waals surface area (Å²) in [7, 11) is 0. The third-order valence-electron chi connectivity index (χ3n) is 2.89. The van der Waals surface area contributed by atoms with E-state index in [0.717, 1.165) is 19.7 Å². The number of nitrogens with one attached hydrogen (secondary N) is 1. The summed E-state index contributed by atoms with van der Waals surface area (Å²) in [5.41, 5.74) is 1.91. The van der Waals surface area contributed by atoms with Crippen LogP contribution in [0, 0.1) is 5.82 Å². The van der Waals surface area contributed by atoms with Crippen molar-refractivity contribution in [1.82, 2.24) is 5.32 Å². The van der Waals surface area contributed by atoms with Gasteiger partial charge in [0, 0.05) is 6.04 Å². The van der Waals surface area contributed by atoms with Crippen molar-refractivity contribution < 1.29 is 4.39 Å². The standard InChI is InChI=1S/C14H14Br2FNS/c1-2-18-12(10-8-13(15)19-14(10)16)7-9-5-3-4-6-11(9)17/h3-6,8,12,18H,2,7H2,1H3. The zero-order valence-electron chi connectivity index (χ0n) is 10.4. The van der Waals surface area contributed by atoms with Gasteiger partial charge in [-0.2, -0.15) is 0 Å². The van der Waals surface area contributed by atoms with Crippen LogP contribution in [0.4, 0.5) is 4.39 Å². The summed E-state index contributed by atoms with van der Waals surface area (Å²) in [6.45, 7) is 2.91. The molecule has 0 aliphatic rings. The van der Waals surface area contributed by atoms with Gasteiger partial charge in [0.15, 0.2) is 0 Å². The number of hydrogen-bond donors (Lipinski definition) is 1. The Morgan fingerprint density at radius 1 is 1.32 bits per heavy atom. The van der Waals surface area contributed by atoms with E-state index in [-0.39, 0.29) is 11.9 Å². The summed E-state index contributed by atoms with van der Waals surface area (Å²) in [6, 6.07) is 9.14. The molecule has 2 aromatic rings. The Hall–Kier alpha value is -0.230. The molecular formula is C14H14Br2FNS. The van der Waals surface area contributed by atoms with Crippen molar-refractivity contribution >= 4 is 43.2 Å². The molecule has 1 aromatic heterocycles. The minimum atomic E-state index is -0.143. The lowest BCUT2D eigenvalue weighted by Gasteiger charge is -2.18. The zero-order chi connectivity index (χ0) is 13.8. The topological polar surface area (TPSA) is 12.0 Å². The predicted molar refractivity (Wildman–Crippen MR) is 86.2 cm³/mol. The molecule has 0 aliphatic heterocycles. The summed E-state index contributed by atoms with van der Waals surface area (Å²) in [6.07, 6.45) is 0.641. The molecule has 1 heterocycles. The van der Waals surface area contributed by atoms with Crippen LogP contribution in [0.1, 0.15) is 24.1 Å². The molecule has 0 spiro atoms. The van der Waals surface area contributed by atoms with Crippen molar-refractivity contribution in [2.24, 2.45) is 0 Å². The van der Waals surface area contributed by atoms with Crippen LogP contribution in [0.15, 0.2) is 37.9 Å². The highest BCUT2D eigenvalue weighted by Crippen LogP contribution is 2.36. The van der Waals surface area contributed by atoms with Gasteiger partial charge < -0.3 is 5.32 Å². The van der Waals surface area contributed by atoms with Gasteiger partial charge in [-0.1, -0.05) is 25.1 Å².